The standard InChI is InChI=1S/C18H21BrN2O2.ClH/c1-3-20-12-14-8-4-6-10-16(14)21-18(22)13(2)23-17-11-7-5-9-15(17)19;/h4-11,13,20H,3,12H2,1-2H3,(H,21,22);1H. The monoisotopic (exact) mass is 412 g/mol. The number of benzene rings is 2. The van der Waals surface area contributed by atoms with Gasteiger partial charge >= 0.3 is 0 Å². The Morgan fingerprint density at radius 1 is 1.17 bits per heavy atom. The van der Waals surface area contributed by atoms with Crippen molar-refractivity contribution in [1.82, 2.24) is 5.32 Å². The normalized spacial score (nSPS) is 11.3. The minimum Gasteiger partial charge on any atom is -0.480 e. The van der Waals surface area contributed by atoms with E-state index in [-0.39, 0.29) is 18.3 Å². The van der Waals surface area contributed by atoms with E-state index < -0.39 is 6.10 Å². The molecule has 0 aliphatic carbocycles. The van der Waals surface area contributed by atoms with Crippen molar-refractivity contribution in [2.75, 3.05) is 11.9 Å². The van der Waals surface area contributed by atoms with Crippen LogP contribution in [0.3, 0.4) is 0 Å². The van der Waals surface area contributed by atoms with Gasteiger partial charge in [0.1, 0.15) is 5.75 Å². The summed E-state index contributed by atoms with van der Waals surface area (Å²) in [5.74, 6) is 0.473. The summed E-state index contributed by atoms with van der Waals surface area (Å²) >= 11 is 3.42. The number of nitrogens with one attached hydrogen (secondary N) is 2. The highest BCUT2D eigenvalue weighted by Crippen LogP contribution is 2.25. The average molecular weight is 414 g/mol. The fraction of sp³-hybridized carbons (Fsp3) is 0.278. The second kappa shape index (κ2) is 10.3. The summed E-state index contributed by atoms with van der Waals surface area (Å²) in [5, 5.41) is 6.21. The lowest BCUT2D eigenvalue weighted by atomic mass is 10.1. The Morgan fingerprint density at radius 2 is 1.83 bits per heavy atom. The summed E-state index contributed by atoms with van der Waals surface area (Å²) in [7, 11) is 0. The quantitative estimate of drug-likeness (QED) is 0.708. The summed E-state index contributed by atoms with van der Waals surface area (Å²) in [6.45, 7) is 5.38. The van der Waals surface area contributed by atoms with Gasteiger partial charge in [0.15, 0.2) is 6.10 Å². The summed E-state index contributed by atoms with van der Waals surface area (Å²) < 4.78 is 6.55. The summed E-state index contributed by atoms with van der Waals surface area (Å²) in [6.07, 6.45) is -0.596. The van der Waals surface area contributed by atoms with Crippen LogP contribution < -0.4 is 15.4 Å². The minimum atomic E-state index is -0.596. The molecule has 0 saturated carbocycles. The van der Waals surface area contributed by atoms with E-state index in [0.717, 1.165) is 22.3 Å². The van der Waals surface area contributed by atoms with Crippen molar-refractivity contribution < 1.29 is 9.53 Å². The minimum absolute atomic E-state index is 0. The van der Waals surface area contributed by atoms with Crippen molar-refractivity contribution >= 4 is 39.9 Å². The molecule has 0 heterocycles. The molecule has 0 spiro atoms. The van der Waals surface area contributed by atoms with Crippen molar-refractivity contribution in [1.29, 1.82) is 0 Å². The number of rotatable bonds is 7. The molecule has 4 nitrogen and oxygen atoms in total. The number of carbonyl (C=O) groups is 1. The van der Waals surface area contributed by atoms with Crippen molar-refractivity contribution in [3.8, 4) is 5.75 Å². The molecule has 0 fully saturated rings. The van der Waals surface area contributed by atoms with E-state index in [1.165, 1.54) is 0 Å². The molecule has 1 atom stereocenters. The van der Waals surface area contributed by atoms with Crippen molar-refractivity contribution in [3.05, 3.63) is 58.6 Å². The maximum Gasteiger partial charge on any atom is 0.265 e. The first-order chi connectivity index (χ1) is 11.1. The first-order valence-electron chi connectivity index (χ1n) is 7.62. The molecule has 0 aromatic heterocycles. The van der Waals surface area contributed by atoms with Gasteiger partial charge in [-0.1, -0.05) is 37.3 Å². The Morgan fingerprint density at radius 3 is 2.54 bits per heavy atom. The number of carbonyl (C=O) groups excluding carboxylic acids is 1. The molecule has 24 heavy (non-hydrogen) atoms. The van der Waals surface area contributed by atoms with Crippen molar-refractivity contribution in [3.63, 3.8) is 0 Å². The molecular weight excluding hydrogens is 392 g/mol. The third-order valence-corrected chi connectivity index (χ3v) is 4.01. The van der Waals surface area contributed by atoms with Gasteiger partial charge in [-0.25, -0.2) is 0 Å². The zero-order chi connectivity index (χ0) is 16.7. The molecule has 0 bridgehead atoms. The molecule has 0 radical (unpaired) electrons. The van der Waals surface area contributed by atoms with Crippen LogP contribution in [0.15, 0.2) is 53.0 Å². The maximum atomic E-state index is 12.4. The van der Waals surface area contributed by atoms with Crippen LogP contribution in [-0.4, -0.2) is 18.6 Å². The summed E-state index contributed by atoms with van der Waals surface area (Å²) in [4.78, 5) is 12.4. The van der Waals surface area contributed by atoms with E-state index in [9.17, 15) is 4.79 Å². The van der Waals surface area contributed by atoms with Gasteiger partial charge < -0.3 is 15.4 Å². The summed E-state index contributed by atoms with van der Waals surface area (Å²) in [6, 6.07) is 15.2. The van der Waals surface area contributed by atoms with Crippen LogP contribution in [0, 0.1) is 0 Å². The molecule has 2 aromatic rings. The van der Waals surface area contributed by atoms with Crippen LogP contribution in [0.4, 0.5) is 5.69 Å². The smallest absolute Gasteiger partial charge is 0.265 e. The van der Waals surface area contributed by atoms with E-state index in [1.807, 2.05) is 48.5 Å². The second-order valence-corrected chi connectivity index (χ2v) is 5.97. The lowest BCUT2D eigenvalue weighted by molar-refractivity contribution is -0.122. The lowest BCUT2D eigenvalue weighted by Gasteiger charge is -2.17. The van der Waals surface area contributed by atoms with Gasteiger partial charge in [0, 0.05) is 12.2 Å². The Labute approximate surface area is 157 Å². The number of hydrogen-bond donors (Lipinski definition) is 2. The van der Waals surface area contributed by atoms with Gasteiger partial charge in [-0.2, -0.15) is 0 Å². The van der Waals surface area contributed by atoms with Gasteiger partial charge in [0.25, 0.3) is 5.91 Å². The van der Waals surface area contributed by atoms with E-state index in [1.54, 1.807) is 6.92 Å². The molecule has 2 aromatic carbocycles. The molecule has 2 rings (SSSR count). The maximum absolute atomic E-state index is 12.4. The first-order valence-corrected chi connectivity index (χ1v) is 8.41. The highest BCUT2D eigenvalue weighted by Gasteiger charge is 2.17. The van der Waals surface area contributed by atoms with Crippen LogP contribution >= 0.6 is 28.3 Å². The van der Waals surface area contributed by atoms with Crippen LogP contribution in [0.25, 0.3) is 0 Å². The summed E-state index contributed by atoms with van der Waals surface area (Å²) in [5.41, 5.74) is 1.86. The Kier molecular flexibility index (Phi) is 8.82. The topological polar surface area (TPSA) is 50.4 Å². The lowest BCUT2D eigenvalue weighted by Crippen LogP contribution is -2.30. The number of anilines is 1. The van der Waals surface area contributed by atoms with Gasteiger partial charge in [0.05, 0.1) is 4.47 Å². The SMILES string of the molecule is CCNCc1ccccc1NC(=O)C(C)Oc1ccccc1Br.Cl. The molecule has 0 aliphatic heterocycles. The molecule has 0 aliphatic rings. The molecule has 2 N–H and O–H groups in total. The third-order valence-electron chi connectivity index (χ3n) is 3.35. The van der Waals surface area contributed by atoms with Crippen LogP contribution in [0.2, 0.25) is 0 Å². The molecule has 1 unspecified atom stereocenters. The third kappa shape index (κ3) is 5.82. The highest BCUT2D eigenvalue weighted by atomic mass is 79.9. The Balaban J connectivity index is 0.00000288. The molecule has 1 amide bonds. The van der Waals surface area contributed by atoms with Crippen molar-refractivity contribution in [2.24, 2.45) is 0 Å². The van der Waals surface area contributed by atoms with Gasteiger partial charge in [-0.15, -0.1) is 12.4 Å². The van der Waals surface area contributed by atoms with Gasteiger partial charge in [0.2, 0.25) is 0 Å². The fourth-order valence-corrected chi connectivity index (χ4v) is 2.45. The Hall–Kier alpha value is -1.56. The van der Waals surface area contributed by atoms with E-state index in [2.05, 4.69) is 33.5 Å². The molecular formula is C18H22BrClN2O2. The Bertz CT molecular complexity index is 667. The number of para-hydroxylation sites is 2. The molecule has 0 saturated heterocycles. The number of halogens is 2. The first kappa shape index (κ1) is 20.5. The fourth-order valence-electron chi connectivity index (χ4n) is 2.07. The van der Waals surface area contributed by atoms with E-state index >= 15 is 0 Å². The zero-order valence-corrected chi connectivity index (χ0v) is 16.1. The second-order valence-electron chi connectivity index (χ2n) is 5.12. The van der Waals surface area contributed by atoms with Crippen molar-refractivity contribution in [2.45, 2.75) is 26.5 Å². The predicted molar refractivity (Wildman–Crippen MR) is 104 cm³/mol. The van der Waals surface area contributed by atoms with Crippen LogP contribution in [-0.2, 0) is 11.3 Å². The number of ether oxygens (including phenoxy) is 1. The molecule has 6 heteroatoms. The largest absolute Gasteiger partial charge is 0.480 e. The molecule has 130 valence electrons. The predicted octanol–water partition coefficient (Wildman–Crippen LogP) is 4.39. The number of hydrogen-bond acceptors (Lipinski definition) is 3. The van der Waals surface area contributed by atoms with Crippen LogP contribution in [0.5, 0.6) is 5.75 Å². The van der Waals surface area contributed by atoms with Gasteiger partial charge in [-0.05, 0) is 53.2 Å². The van der Waals surface area contributed by atoms with Crippen LogP contribution in [0.1, 0.15) is 19.4 Å². The van der Waals surface area contributed by atoms with E-state index in [4.69, 9.17) is 4.74 Å². The highest BCUT2D eigenvalue weighted by molar-refractivity contribution is 9.10. The van der Waals surface area contributed by atoms with E-state index in [0.29, 0.717) is 12.3 Å². The van der Waals surface area contributed by atoms with Gasteiger partial charge in [-0.3, -0.25) is 4.79 Å². The average Bonchev–Trinajstić information content (AvgIpc) is 2.56. The number of amides is 1. The zero-order valence-electron chi connectivity index (χ0n) is 13.7.